The van der Waals surface area contributed by atoms with Gasteiger partial charge in [0.25, 0.3) is 0 Å². The molecule has 6 rings (SSSR count). The predicted molar refractivity (Wildman–Crippen MR) is 225 cm³/mol. The number of nitrogens with zero attached hydrogens (tertiary/aromatic N) is 3. The summed E-state index contributed by atoms with van der Waals surface area (Å²) in [6, 6.07) is 11.5. The Morgan fingerprint density at radius 1 is 0.482 bits per heavy atom. The van der Waals surface area contributed by atoms with E-state index < -0.39 is 17.7 Å². The van der Waals surface area contributed by atoms with Gasteiger partial charge in [-0.1, -0.05) is 12.1 Å². The monoisotopic (exact) mass is 768 g/mol. The molecule has 0 fully saturated rings. The molecule has 0 spiro atoms. The van der Waals surface area contributed by atoms with Crippen LogP contribution in [0, 0.1) is 0 Å². The molecule has 3 aliphatic carbocycles. The summed E-state index contributed by atoms with van der Waals surface area (Å²) in [5.41, 5.74) is 47.0. The smallest absolute Gasteiger partial charge is 0.249 e. The summed E-state index contributed by atoms with van der Waals surface area (Å²) >= 11 is 0. The Morgan fingerprint density at radius 3 is 1.21 bits per heavy atom. The van der Waals surface area contributed by atoms with Crippen LogP contribution in [0.1, 0.15) is 132 Å². The lowest BCUT2D eigenvalue weighted by molar-refractivity contribution is 0.0990. The van der Waals surface area contributed by atoms with E-state index in [0.717, 1.165) is 123 Å². The zero-order valence-corrected chi connectivity index (χ0v) is 33.9. The highest BCUT2D eigenvalue weighted by Crippen LogP contribution is 2.59. The van der Waals surface area contributed by atoms with Crippen LogP contribution in [0.5, 0.6) is 0 Å². The second-order valence-electron chi connectivity index (χ2n) is 15.9. The van der Waals surface area contributed by atoms with Crippen LogP contribution in [-0.4, -0.2) is 112 Å². The standard InChI is InChI=1S/C44H65N9O3/c1-51(23-7-17-45)20-4-10-30-31(11-5-21-52(2)24-8-18-46)40-37-32-15-13-29(43(49)55)27-36(32)38(33-16-14-28(42(48)54)26-35(33)37)41(40)34(39(30)44(50)56)12-6-22-53(3)25-9-19-47/h13-16,26-27,37-38H,4-12,17-25,45-47H2,1-3H3,(H2,48,54)(H2,49,55)(H2,50,56). The van der Waals surface area contributed by atoms with E-state index in [0.29, 0.717) is 49.2 Å². The van der Waals surface area contributed by atoms with Crippen molar-refractivity contribution in [1.82, 2.24) is 14.7 Å². The normalized spacial score (nSPS) is 15.4. The number of carbonyl (C=O) groups is 3. The minimum atomic E-state index is -0.497. The molecule has 304 valence electrons. The zero-order valence-electron chi connectivity index (χ0n) is 33.9. The first-order chi connectivity index (χ1) is 26.9. The maximum absolute atomic E-state index is 14.1. The Hall–Kier alpha value is -4.17. The number of carbonyl (C=O) groups excluding carboxylic acids is 3. The summed E-state index contributed by atoms with van der Waals surface area (Å²) in [6.07, 6.45) is 7.38. The van der Waals surface area contributed by atoms with Gasteiger partial charge in [0.1, 0.15) is 0 Å². The van der Waals surface area contributed by atoms with Crippen molar-refractivity contribution in [3.63, 3.8) is 0 Å². The van der Waals surface area contributed by atoms with E-state index in [-0.39, 0.29) is 11.8 Å². The molecule has 3 amide bonds. The molecular formula is C44H65N9O3. The zero-order chi connectivity index (χ0) is 40.5. The van der Waals surface area contributed by atoms with Crippen LogP contribution in [0.4, 0.5) is 0 Å². The van der Waals surface area contributed by atoms with E-state index in [2.05, 4.69) is 35.8 Å². The molecule has 3 aliphatic rings. The van der Waals surface area contributed by atoms with Crippen LogP contribution >= 0.6 is 0 Å². The Morgan fingerprint density at radius 2 is 0.839 bits per heavy atom. The van der Waals surface area contributed by atoms with Gasteiger partial charge in [0.05, 0.1) is 0 Å². The number of nitrogens with two attached hydrogens (primary N) is 6. The second-order valence-corrected chi connectivity index (χ2v) is 15.9. The van der Waals surface area contributed by atoms with Crippen molar-refractivity contribution in [3.05, 3.63) is 103 Å². The van der Waals surface area contributed by atoms with E-state index in [9.17, 15) is 14.4 Å². The lowest BCUT2D eigenvalue weighted by atomic mass is 9.57. The van der Waals surface area contributed by atoms with Gasteiger partial charge in [-0.05, 0) is 212 Å². The molecule has 2 unspecified atom stereocenters. The summed E-state index contributed by atoms with van der Waals surface area (Å²) < 4.78 is 0. The molecule has 0 heterocycles. The number of primary amides is 3. The second kappa shape index (κ2) is 19.8. The molecule has 3 aromatic carbocycles. The number of amides is 3. The van der Waals surface area contributed by atoms with Crippen LogP contribution in [0.25, 0.3) is 0 Å². The van der Waals surface area contributed by atoms with Gasteiger partial charge in [0.2, 0.25) is 17.7 Å². The van der Waals surface area contributed by atoms with Crippen molar-refractivity contribution in [2.45, 2.75) is 69.6 Å². The van der Waals surface area contributed by atoms with Crippen LogP contribution in [0.3, 0.4) is 0 Å². The van der Waals surface area contributed by atoms with Gasteiger partial charge in [0.15, 0.2) is 0 Å². The summed E-state index contributed by atoms with van der Waals surface area (Å²) in [6.45, 7) is 7.17. The lowest BCUT2D eigenvalue weighted by Gasteiger charge is -2.46. The molecule has 2 atom stereocenters. The molecule has 0 aromatic heterocycles. The van der Waals surface area contributed by atoms with E-state index in [1.54, 1.807) is 12.1 Å². The van der Waals surface area contributed by atoms with E-state index in [1.807, 2.05) is 24.3 Å². The number of benzene rings is 3. The first-order valence-corrected chi connectivity index (χ1v) is 20.5. The highest BCUT2D eigenvalue weighted by molar-refractivity contribution is 5.99. The van der Waals surface area contributed by atoms with Gasteiger partial charge in [0, 0.05) is 28.5 Å². The molecule has 12 heteroatoms. The molecule has 2 bridgehead atoms. The van der Waals surface area contributed by atoms with Gasteiger partial charge < -0.3 is 49.1 Å². The third-order valence-electron chi connectivity index (χ3n) is 11.9. The minimum absolute atomic E-state index is 0.245. The fourth-order valence-electron chi connectivity index (χ4n) is 9.17. The Bertz CT molecular complexity index is 1880. The van der Waals surface area contributed by atoms with Gasteiger partial charge in [-0.25, -0.2) is 0 Å². The minimum Gasteiger partial charge on any atom is -0.366 e. The number of hydrogen-bond donors (Lipinski definition) is 6. The van der Waals surface area contributed by atoms with Crippen molar-refractivity contribution in [3.8, 4) is 0 Å². The fourth-order valence-corrected chi connectivity index (χ4v) is 9.17. The first kappa shape index (κ1) is 43.0. The summed E-state index contributed by atoms with van der Waals surface area (Å²) in [5.74, 6) is -1.94. The molecular weight excluding hydrogens is 703 g/mol. The summed E-state index contributed by atoms with van der Waals surface area (Å²) in [5, 5.41) is 0. The highest BCUT2D eigenvalue weighted by atomic mass is 16.2. The molecule has 3 aromatic rings. The van der Waals surface area contributed by atoms with E-state index in [1.165, 1.54) is 11.1 Å². The summed E-state index contributed by atoms with van der Waals surface area (Å²) in [7, 11) is 6.35. The van der Waals surface area contributed by atoms with Gasteiger partial charge in [-0.3, -0.25) is 14.4 Å². The maximum Gasteiger partial charge on any atom is 0.249 e. The van der Waals surface area contributed by atoms with Crippen molar-refractivity contribution in [2.75, 3.05) is 80.0 Å². The lowest BCUT2D eigenvalue weighted by Crippen LogP contribution is -2.34. The van der Waals surface area contributed by atoms with Crippen LogP contribution in [0.2, 0.25) is 0 Å². The molecule has 0 saturated heterocycles. The molecule has 0 aliphatic heterocycles. The van der Waals surface area contributed by atoms with Gasteiger partial charge >= 0.3 is 0 Å². The average Bonchev–Trinajstić information content (AvgIpc) is 3.18. The fraction of sp³-hybridized carbons (Fsp3) is 0.523. The average molecular weight is 768 g/mol. The maximum atomic E-state index is 14.1. The summed E-state index contributed by atoms with van der Waals surface area (Å²) in [4.78, 5) is 46.2. The van der Waals surface area contributed by atoms with E-state index in [4.69, 9.17) is 34.4 Å². The predicted octanol–water partition coefficient (Wildman–Crippen LogP) is 2.61. The molecule has 12 nitrogen and oxygen atoms in total. The third-order valence-corrected chi connectivity index (χ3v) is 11.9. The van der Waals surface area contributed by atoms with Crippen molar-refractivity contribution >= 4 is 17.7 Å². The van der Waals surface area contributed by atoms with Crippen LogP contribution in [-0.2, 0) is 19.3 Å². The molecule has 0 saturated carbocycles. The van der Waals surface area contributed by atoms with Crippen molar-refractivity contribution in [2.24, 2.45) is 34.4 Å². The highest BCUT2D eigenvalue weighted by Gasteiger charge is 2.46. The molecule has 0 radical (unpaired) electrons. The van der Waals surface area contributed by atoms with E-state index >= 15 is 0 Å². The Kier molecular flexibility index (Phi) is 15.2. The van der Waals surface area contributed by atoms with Crippen LogP contribution in [0.15, 0.2) is 36.4 Å². The van der Waals surface area contributed by atoms with Gasteiger partial charge in [-0.2, -0.15) is 0 Å². The van der Waals surface area contributed by atoms with Gasteiger partial charge in [-0.15, -0.1) is 0 Å². The molecule has 56 heavy (non-hydrogen) atoms. The third kappa shape index (κ3) is 9.50. The Balaban J connectivity index is 1.77. The van der Waals surface area contributed by atoms with Crippen molar-refractivity contribution in [1.29, 1.82) is 0 Å². The first-order valence-electron chi connectivity index (χ1n) is 20.5. The SMILES string of the molecule is CN(CCCN)CCCc1c(CCCN(C)CCCN)c2c(c(CCCN(C)CCCN)c1C(N)=O)C1c3ccc(C(N)=O)cc3C2c2ccc(C(N)=O)cc21. The van der Waals surface area contributed by atoms with Crippen molar-refractivity contribution < 1.29 is 14.4 Å². The van der Waals surface area contributed by atoms with Crippen LogP contribution < -0.4 is 34.4 Å². The largest absolute Gasteiger partial charge is 0.366 e. The molecule has 12 N–H and O–H groups in total. The topological polar surface area (TPSA) is 217 Å². The number of hydrogen-bond acceptors (Lipinski definition) is 9. The Labute approximate surface area is 333 Å². The quantitative estimate of drug-likeness (QED) is 0.0543. The number of rotatable bonds is 24.